The highest BCUT2D eigenvalue weighted by Gasteiger charge is 2.09. The van der Waals surface area contributed by atoms with Gasteiger partial charge in [-0.25, -0.2) is 4.79 Å². The van der Waals surface area contributed by atoms with E-state index in [1.54, 1.807) is 19.2 Å². The van der Waals surface area contributed by atoms with Crippen molar-refractivity contribution in [2.75, 3.05) is 12.4 Å². The van der Waals surface area contributed by atoms with Gasteiger partial charge >= 0.3 is 5.97 Å². The van der Waals surface area contributed by atoms with Gasteiger partial charge in [-0.2, -0.15) is 0 Å². The summed E-state index contributed by atoms with van der Waals surface area (Å²) in [4.78, 5) is 11.1. The number of methoxy groups -OCH3 is 1. The van der Waals surface area contributed by atoms with E-state index in [9.17, 15) is 4.79 Å². The largest absolute Gasteiger partial charge is 0.495 e. The number of benzene rings is 3. The SMILES string of the molecule is COc1ccc(C(=O)O)cc1NCc1ccc(-c2ccccc2)cc1. The minimum absolute atomic E-state index is 0.225. The van der Waals surface area contributed by atoms with Crippen LogP contribution in [0, 0.1) is 0 Å². The Balaban J connectivity index is 1.73. The van der Waals surface area contributed by atoms with E-state index in [0.717, 1.165) is 11.1 Å². The summed E-state index contributed by atoms with van der Waals surface area (Å²) in [6, 6.07) is 23.2. The van der Waals surface area contributed by atoms with Crippen molar-refractivity contribution in [2.45, 2.75) is 6.54 Å². The van der Waals surface area contributed by atoms with Crippen LogP contribution < -0.4 is 10.1 Å². The molecule has 0 aromatic heterocycles. The van der Waals surface area contributed by atoms with Crippen LogP contribution >= 0.6 is 0 Å². The molecule has 0 saturated carbocycles. The van der Waals surface area contributed by atoms with Crippen LogP contribution in [0.1, 0.15) is 15.9 Å². The van der Waals surface area contributed by atoms with E-state index >= 15 is 0 Å². The fraction of sp³-hybridized carbons (Fsp3) is 0.0952. The maximum Gasteiger partial charge on any atom is 0.335 e. The number of hydrogen-bond acceptors (Lipinski definition) is 3. The van der Waals surface area contributed by atoms with Gasteiger partial charge in [-0.3, -0.25) is 0 Å². The molecule has 0 unspecified atom stereocenters. The van der Waals surface area contributed by atoms with E-state index < -0.39 is 5.97 Å². The number of carbonyl (C=O) groups is 1. The number of anilines is 1. The van der Waals surface area contributed by atoms with Gasteiger partial charge < -0.3 is 15.2 Å². The molecule has 3 aromatic rings. The molecule has 0 aliphatic rings. The highest BCUT2D eigenvalue weighted by atomic mass is 16.5. The standard InChI is InChI=1S/C21H19NO3/c1-25-20-12-11-18(21(23)24)13-19(20)22-14-15-7-9-17(10-8-15)16-5-3-2-4-6-16/h2-13,22H,14H2,1H3,(H,23,24). The second kappa shape index (κ2) is 7.53. The van der Waals surface area contributed by atoms with Crippen LogP contribution in [0.3, 0.4) is 0 Å². The minimum Gasteiger partial charge on any atom is -0.495 e. The molecule has 3 aromatic carbocycles. The van der Waals surface area contributed by atoms with Crippen molar-refractivity contribution >= 4 is 11.7 Å². The topological polar surface area (TPSA) is 58.6 Å². The summed E-state index contributed by atoms with van der Waals surface area (Å²) in [5, 5.41) is 12.4. The van der Waals surface area contributed by atoms with Gasteiger partial charge in [0.25, 0.3) is 0 Å². The fourth-order valence-corrected chi connectivity index (χ4v) is 2.62. The number of ether oxygens (including phenoxy) is 1. The molecule has 0 atom stereocenters. The molecule has 0 aliphatic carbocycles. The van der Waals surface area contributed by atoms with Gasteiger partial charge in [0.05, 0.1) is 18.4 Å². The average molecular weight is 333 g/mol. The molecule has 4 heteroatoms. The number of rotatable bonds is 6. The first kappa shape index (κ1) is 16.6. The van der Waals surface area contributed by atoms with Crippen LogP contribution in [0.25, 0.3) is 11.1 Å². The van der Waals surface area contributed by atoms with E-state index in [4.69, 9.17) is 9.84 Å². The van der Waals surface area contributed by atoms with Crippen LogP contribution in [0.5, 0.6) is 5.75 Å². The lowest BCUT2D eigenvalue weighted by atomic mass is 10.0. The quantitative estimate of drug-likeness (QED) is 0.688. The molecular formula is C21H19NO3. The number of aromatic carboxylic acids is 1. The van der Waals surface area contributed by atoms with E-state index in [1.807, 2.05) is 18.2 Å². The number of carboxylic acid groups (broad SMARTS) is 1. The van der Waals surface area contributed by atoms with Gasteiger partial charge in [-0.1, -0.05) is 54.6 Å². The normalized spacial score (nSPS) is 10.3. The van der Waals surface area contributed by atoms with Crippen molar-refractivity contribution < 1.29 is 14.6 Å². The van der Waals surface area contributed by atoms with Crippen molar-refractivity contribution in [1.82, 2.24) is 0 Å². The molecule has 0 bridgehead atoms. The van der Waals surface area contributed by atoms with Crippen molar-refractivity contribution in [1.29, 1.82) is 0 Å². The maximum atomic E-state index is 11.1. The Morgan fingerprint density at radius 1 is 0.960 bits per heavy atom. The monoisotopic (exact) mass is 333 g/mol. The lowest BCUT2D eigenvalue weighted by Crippen LogP contribution is -2.04. The van der Waals surface area contributed by atoms with Crippen LogP contribution in [0.2, 0.25) is 0 Å². The third-order valence-corrected chi connectivity index (χ3v) is 3.99. The number of hydrogen-bond donors (Lipinski definition) is 2. The molecule has 25 heavy (non-hydrogen) atoms. The maximum absolute atomic E-state index is 11.1. The van der Waals surface area contributed by atoms with Gasteiger partial charge in [0.2, 0.25) is 0 Å². The molecule has 0 aliphatic heterocycles. The lowest BCUT2D eigenvalue weighted by Gasteiger charge is -2.12. The van der Waals surface area contributed by atoms with Crippen molar-refractivity contribution in [2.24, 2.45) is 0 Å². The third kappa shape index (κ3) is 3.98. The predicted octanol–water partition coefficient (Wildman–Crippen LogP) is 4.67. The highest BCUT2D eigenvalue weighted by Crippen LogP contribution is 2.26. The summed E-state index contributed by atoms with van der Waals surface area (Å²) >= 11 is 0. The zero-order valence-electron chi connectivity index (χ0n) is 13.9. The van der Waals surface area contributed by atoms with Crippen LogP contribution in [0.4, 0.5) is 5.69 Å². The Morgan fingerprint density at radius 2 is 1.64 bits per heavy atom. The molecule has 0 saturated heterocycles. The second-order valence-electron chi connectivity index (χ2n) is 5.64. The summed E-state index contributed by atoms with van der Waals surface area (Å²) in [5.41, 5.74) is 4.33. The van der Waals surface area contributed by atoms with E-state index in [2.05, 4.69) is 41.7 Å². The van der Waals surface area contributed by atoms with Crippen molar-refractivity contribution in [3.05, 3.63) is 83.9 Å². The summed E-state index contributed by atoms with van der Waals surface area (Å²) in [5.74, 6) is -0.344. The zero-order valence-corrected chi connectivity index (χ0v) is 13.9. The van der Waals surface area contributed by atoms with Gasteiger partial charge in [-0.15, -0.1) is 0 Å². The first-order chi connectivity index (χ1) is 12.2. The lowest BCUT2D eigenvalue weighted by molar-refractivity contribution is 0.0697. The average Bonchev–Trinajstić information content (AvgIpc) is 2.67. The molecule has 3 rings (SSSR count). The number of carboxylic acids is 1. The summed E-state index contributed by atoms with van der Waals surface area (Å²) < 4.78 is 5.29. The fourth-order valence-electron chi connectivity index (χ4n) is 2.62. The number of nitrogens with one attached hydrogen (secondary N) is 1. The Kier molecular flexibility index (Phi) is 5.00. The van der Waals surface area contributed by atoms with E-state index in [1.165, 1.54) is 11.6 Å². The predicted molar refractivity (Wildman–Crippen MR) is 99.2 cm³/mol. The Morgan fingerprint density at radius 3 is 2.28 bits per heavy atom. The molecule has 0 radical (unpaired) electrons. The highest BCUT2D eigenvalue weighted by molar-refractivity contribution is 5.89. The third-order valence-electron chi connectivity index (χ3n) is 3.99. The van der Waals surface area contributed by atoms with Gasteiger partial charge in [0, 0.05) is 6.54 Å². The first-order valence-corrected chi connectivity index (χ1v) is 7.97. The van der Waals surface area contributed by atoms with Gasteiger partial charge in [0.15, 0.2) is 0 Å². The molecule has 126 valence electrons. The van der Waals surface area contributed by atoms with Crippen LogP contribution in [-0.4, -0.2) is 18.2 Å². The molecule has 0 amide bonds. The Labute approximate surface area is 146 Å². The molecule has 0 fully saturated rings. The summed E-state index contributed by atoms with van der Waals surface area (Å²) in [6.45, 7) is 0.578. The van der Waals surface area contributed by atoms with Crippen molar-refractivity contribution in [3.8, 4) is 16.9 Å². The van der Waals surface area contributed by atoms with Gasteiger partial charge in [0.1, 0.15) is 5.75 Å². The van der Waals surface area contributed by atoms with Crippen LogP contribution in [-0.2, 0) is 6.54 Å². The Bertz CT molecular complexity index is 858. The van der Waals surface area contributed by atoms with E-state index in [-0.39, 0.29) is 5.56 Å². The Hall–Kier alpha value is -3.27. The summed E-state index contributed by atoms with van der Waals surface area (Å²) in [7, 11) is 1.57. The first-order valence-electron chi connectivity index (χ1n) is 7.97. The molecule has 0 spiro atoms. The zero-order chi connectivity index (χ0) is 17.6. The molecule has 2 N–H and O–H groups in total. The molecule has 0 heterocycles. The van der Waals surface area contributed by atoms with Gasteiger partial charge in [-0.05, 0) is 34.9 Å². The second-order valence-corrected chi connectivity index (χ2v) is 5.64. The van der Waals surface area contributed by atoms with Crippen LogP contribution in [0.15, 0.2) is 72.8 Å². The van der Waals surface area contributed by atoms with E-state index in [0.29, 0.717) is 18.0 Å². The molecule has 4 nitrogen and oxygen atoms in total. The van der Waals surface area contributed by atoms with Crippen molar-refractivity contribution in [3.63, 3.8) is 0 Å². The molecular weight excluding hydrogens is 314 g/mol. The minimum atomic E-state index is -0.960. The summed E-state index contributed by atoms with van der Waals surface area (Å²) in [6.07, 6.45) is 0. The smallest absolute Gasteiger partial charge is 0.335 e.